The van der Waals surface area contributed by atoms with Crippen molar-refractivity contribution in [3.63, 3.8) is 0 Å². The van der Waals surface area contributed by atoms with Gasteiger partial charge in [-0.25, -0.2) is 4.98 Å². The number of anilines is 1. The van der Waals surface area contributed by atoms with Gasteiger partial charge in [-0.05, 0) is 37.3 Å². The normalized spacial score (nSPS) is 10.9. The first-order valence-corrected chi connectivity index (χ1v) is 9.92. The van der Waals surface area contributed by atoms with E-state index >= 15 is 0 Å². The second kappa shape index (κ2) is 7.92. The highest BCUT2D eigenvalue weighted by Gasteiger charge is 2.21. The minimum Gasteiger partial charge on any atom is -0.496 e. The van der Waals surface area contributed by atoms with Crippen LogP contribution in [0.3, 0.4) is 0 Å². The van der Waals surface area contributed by atoms with Crippen LogP contribution in [-0.2, 0) is 7.05 Å². The van der Waals surface area contributed by atoms with Crippen LogP contribution >= 0.6 is 11.3 Å². The maximum Gasteiger partial charge on any atom is 0.261 e. The van der Waals surface area contributed by atoms with E-state index < -0.39 is 0 Å². The van der Waals surface area contributed by atoms with Crippen LogP contribution < -0.4 is 14.8 Å². The van der Waals surface area contributed by atoms with E-state index in [1.54, 1.807) is 25.0 Å². The maximum absolute atomic E-state index is 13.0. The molecule has 1 N–H and O–H groups in total. The van der Waals surface area contributed by atoms with Crippen LogP contribution in [0, 0.1) is 0 Å². The second-order valence-corrected chi connectivity index (χ2v) is 7.33. The highest BCUT2D eigenvalue weighted by molar-refractivity contribution is 7.22. The molecule has 4 rings (SSSR count). The summed E-state index contributed by atoms with van der Waals surface area (Å²) in [4.78, 5) is 17.5. The van der Waals surface area contributed by atoms with Crippen molar-refractivity contribution in [2.45, 2.75) is 6.92 Å². The Balaban J connectivity index is 1.65. The fraction of sp³-hybridized carbons (Fsp3) is 0.190. The van der Waals surface area contributed by atoms with E-state index in [4.69, 9.17) is 9.47 Å². The van der Waals surface area contributed by atoms with Crippen molar-refractivity contribution in [1.29, 1.82) is 0 Å². The highest BCUT2D eigenvalue weighted by atomic mass is 32.1. The molecule has 2 aromatic carbocycles. The average molecular weight is 408 g/mol. The number of benzene rings is 2. The third-order valence-electron chi connectivity index (χ3n) is 4.33. The van der Waals surface area contributed by atoms with E-state index in [2.05, 4.69) is 15.4 Å². The van der Waals surface area contributed by atoms with Gasteiger partial charge < -0.3 is 9.47 Å². The molecule has 0 atom stereocenters. The molecule has 2 aromatic heterocycles. The molecule has 0 aliphatic rings. The molecule has 4 aromatic rings. The largest absolute Gasteiger partial charge is 0.496 e. The summed E-state index contributed by atoms with van der Waals surface area (Å²) < 4.78 is 13.5. The zero-order valence-corrected chi connectivity index (χ0v) is 17.1. The van der Waals surface area contributed by atoms with E-state index in [0.717, 1.165) is 21.5 Å². The number of para-hydroxylation sites is 1. The van der Waals surface area contributed by atoms with Gasteiger partial charge >= 0.3 is 0 Å². The summed E-state index contributed by atoms with van der Waals surface area (Å²) in [6.45, 7) is 2.54. The van der Waals surface area contributed by atoms with Gasteiger partial charge in [0.1, 0.15) is 17.2 Å². The van der Waals surface area contributed by atoms with Gasteiger partial charge in [0.2, 0.25) is 0 Å². The lowest BCUT2D eigenvalue weighted by Crippen LogP contribution is -2.12. The van der Waals surface area contributed by atoms with Crippen LogP contribution in [0.1, 0.15) is 17.3 Å². The summed E-state index contributed by atoms with van der Waals surface area (Å²) in [6.07, 6.45) is 1.69. The van der Waals surface area contributed by atoms with Crippen LogP contribution in [0.5, 0.6) is 11.5 Å². The molecular formula is C21H20N4O3S. The standard InChI is InChI=1S/C21H20N4O3S/c1-4-28-13-9-10-16-18(11-13)29-21(22-16)23-20(26)15-12-25(2)24-19(15)14-7-5-6-8-17(14)27-3/h5-12H,4H2,1-3H3,(H,22,23,26). The third-order valence-corrected chi connectivity index (χ3v) is 5.26. The number of fused-ring (bicyclic) bond motifs is 1. The van der Waals surface area contributed by atoms with Gasteiger partial charge in [-0.2, -0.15) is 5.10 Å². The SMILES string of the molecule is CCOc1ccc2nc(NC(=O)c3cn(C)nc3-c3ccccc3OC)sc2c1. The molecule has 0 spiro atoms. The number of carbonyl (C=O) groups excluding carboxylic acids is 1. The van der Waals surface area contributed by atoms with Gasteiger partial charge in [-0.1, -0.05) is 23.5 Å². The Hall–Kier alpha value is -3.39. The average Bonchev–Trinajstić information content (AvgIpc) is 3.30. The van der Waals surface area contributed by atoms with Gasteiger partial charge in [0.25, 0.3) is 5.91 Å². The van der Waals surface area contributed by atoms with Crippen molar-refractivity contribution in [2.24, 2.45) is 7.05 Å². The predicted molar refractivity (Wildman–Crippen MR) is 114 cm³/mol. The lowest BCUT2D eigenvalue weighted by Gasteiger charge is -2.07. The Morgan fingerprint density at radius 3 is 2.86 bits per heavy atom. The first-order chi connectivity index (χ1) is 14.1. The fourth-order valence-corrected chi connectivity index (χ4v) is 3.96. The molecule has 0 aliphatic heterocycles. The van der Waals surface area contributed by atoms with E-state index in [9.17, 15) is 4.79 Å². The molecule has 0 fully saturated rings. The predicted octanol–water partition coefficient (Wildman–Crippen LogP) is 4.36. The van der Waals surface area contributed by atoms with Crippen molar-refractivity contribution < 1.29 is 14.3 Å². The lowest BCUT2D eigenvalue weighted by molar-refractivity contribution is 0.102. The number of amides is 1. The molecule has 29 heavy (non-hydrogen) atoms. The van der Waals surface area contributed by atoms with Crippen LogP contribution in [0.2, 0.25) is 0 Å². The van der Waals surface area contributed by atoms with Crippen molar-refractivity contribution in [3.05, 3.63) is 54.2 Å². The zero-order chi connectivity index (χ0) is 20.4. The topological polar surface area (TPSA) is 78.3 Å². The molecule has 0 saturated heterocycles. The second-order valence-electron chi connectivity index (χ2n) is 6.30. The molecule has 148 valence electrons. The Morgan fingerprint density at radius 2 is 2.07 bits per heavy atom. The van der Waals surface area contributed by atoms with Crippen molar-refractivity contribution >= 4 is 32.6 Å². The molecule has 0 bridgehead atoms. The number of aromatic nitrogens is 3. The Kier molecular flexibility index (Phi) is 5.18. The van der Waals surface area contributed by atoms with E-state index in [1.165, 1.54) is 11.3 Å². The van der Waals surface area contributed by atoms with Gasteiger partial charge in [0.15, 0.2) is 5.13 Å². The Labute approximate surface area is 171 Å². The van der Waals surface area contributed by atoms with Gasteiger partial charge in [-0.3, -0.25) is 14.8 Å². The number of aryl methyl sites for hydroxylation is 1. The molecule has 2 heterocycles. The molecule has 1 amide bonds. The minimum atomic E-state index is -0.275. The summed E-state index contributed by atoms with van der Waals surface area (Å²) >= 11 is 1.40. The molecule has 7 nitrogen and oxygen atoms in total. The number of ether oxygens (including phenoxy) is 2. The number of nitrogens with one attached hydrogen (secondary N) is 1. The highest BCUT2D eigenvalue weighted by Crippen LogP contribution is 2.33. The molecule has 0 aliphatic carbocycles. The summed E-state index contributed by atoms with van der Waals surface area (Å²) in [5, 5.41) is 7.88. The van der Waals surface area contributed by atoms with Crippen LogP contribution in [0.4, 0.5) is 5.13 Å². The molecular weight excluding hydrogens is 388 g/mol. The van der Waals surface area contributed by atoms with Gasteiger partial charge in [0, 0.05) is 18.8 Å². The van der Waals surface area contributed by atoms with Gasteiger partial charge in [0.05, 0.1) is 29.5 Å². The quantitative estimate of drug-likeness (QED) is 0.513. The molecule has 0 unspecified atom stereocenters. The van der Waals surface area contributed by atoms with Gasteiger partial charge in [-0.15, -0.1) is 0 Å². The number of carbonyl (C=O) groups is 1. The van der Waals surface area contributed by atoms with Crippen molar-refractivity contribution in [3.8, 4) is 22.8 Å². The smallest absolute Gasteiger partial charge is 0.261 e. The van der Waals surface area contributed by atoms with E-state index in [1.807, 2.05) is 49.4 Å². The Bertz CT molecular complexity index is 1180. The number of hydrogen-bond acceptors (Lipinski definition) is 6. The summed E-state index contributed by atoms with van der Waals surface area (Å²) in [5.41, 5.74) is 2.57. The molecule has 0 saturated carbocycles. The fourth-order valence-electron chi connectivity index (χ4n) is 3.07. The van der Waals surface area contributed by atoms with Crippen molar-refractivity contribution in [2.75, 3.05) is 19.0 Å². The third kappa shape index (κ3) is 3.79. The summed E-state index contributed by atoms with van der Waals surface area (Å²) in [5.74, 6) is 1.17. The number of rotatable bonds is 6. The number of methoxy groups -OCH3 is 1. The summed E-state index contributed by atoms with van der Waals surface area (Å²) in [6, 6.07) is 13.2. The lowest BCUT2D eigenvalue weighted by atomic mass is 10.1. The van der Waals surface area contributed by atoms with Crippen LogP contribution in [0.25, 0.3) is 21.5 Å². The molecule has 8 heteroatoms. The Morgan fingerprint density at radius 1 is 1.24 bits per heavy atom. The number of hydrogen-bond donors (Lipinski definition) is 1. The van der Waals surface area contributed by atoms with Crippen molar-refractivity contribution in [1.82, 2.24) is 14.8 Å². The first kappa shape index (κ1) is 18.9. The minimum absolute atomic E-state index is 0.275. The van der Waals surface area contributed by atoms with E-state index in [-0.39, 0.29) is 5.91 Å². The zero-order valence-electron chi connectivity index (χ0n) is 16.3. The molecule has 0 radical (unpaired) electrons. The number of thiazole rings is 1. The van der Waals surface area contributed by atoms with Crippen LogP contribution in [-0.4, -0.2) is 34.4 Å². The maximum atomic E-state index is 13.0. The first-order valence-electron chi connectivity index (χ1n) is 9.10. The van der Waals surface area contributed by atoms with Crippen LogP contribution in [0.15, 0.2) is 48.7 Å². The van der Waals surface area contributed by atoms with E-state index in [0.29, 0.717) is 28.7 Å². The number of nitrogens with zero attached hydrogens (tertiary/aromatic N) is 3. The monoisotopic (exact) mass is 408 g/mol. The summed E-state index contributed by atoms with van der Waals surface area (Å²) in [7, 11) is 3.38.